The van der Waals surface area contributed by atoms with Crippen LogP contribution in [0.25, 0.3) is 10.9 Å². The van der Waals surface area contributed by atoms with Gasteiger partial charge < -0.3 is 4.74 Å². The molecule has 0 radical (unpaired) electrons. The van der Waals surface area contributed by atoms with Crippen LogP contribution in [0.4, 0.5) is 0 Å². The van der Waals surface area contributed by atoms with Crippen LogP contribution in [-0.4, -0.2) is 21.6 Å². The lowest BCUT2D eigenvalue weighted by Gasteiger charge is -2.10. The number of aromatic nitrogens is 3. The SMILES string of the molecule is Cc1ccc(C)c(OCCCn2nnc3ccccc3c2=O)c1. The second-order valence-electron chi connectivity index (χ2n) is 5.61. The Morgan fingerprint density at radius 3 is 2.83 bits per heavy atom. The molecule has 0 fully saturated rings. The standard InChI is InChI=1S/C18H19N3O2/c1-13-8-9-14(2)17(12-13)23-11-5-10-21-18(22)15-6-3-4-7-16(15)19-20-21/h3-4,6-9,12H,5,10-11H2,1-2H3. The topological polar surface area (TPSA) is 57.0 Å². The molecule has 0 amide bonds. The predicted octanol–water partition coefficient (Wildman–Crippen LogP) is 2.88. The molecule has 0 bridgehead atoms. The molecular weight excluding hydrogens is 290 g/mol. The fourth-order valence-corrected chi connectivity index (χ4v) is 2.43. The normalized spacial score (nSPS) is 10.9. The van der Waals surface area contributed by atoms with Crippen molar-refractivity contribution in [3.63, 3.8) is 0 Å². The van der Waals surface area contributed by atoms with Crippen LogP contribution in [0.5, 0.6) is 5.75 Å². The third-order valence-electron chi connectivity index (χ3n) is 3.74. The lowest BCUT2D eigenvalue weighted by atomic mass is 10.1. The minimum Gasteiger partial charge on any atom is -0.493 e. The van der Waals surface area contributed by atoms with E-state index in [1.54, 1.807) is 12.1 Å². The predicted molar refractivity (Wildman–Crippen MR) is 89.8 cm³/mol. The Kier molecular flexibility index (Phi) is 4.37. The summed E-state index contributed by atoms with van der Waals surface area (Å²) in [5.74, 6) is 0.891. The average Bonchev–Trinajstić information content (AvgIpc) is 2.56. The summed E-state index contributed by atoms with van der Waals surface area (Å²) in [6, 6.07) is 13.4. The van der Waals surface area contributed by atoms with E-state index in [1.165, 1.54) is 10.2 Å². The van der Waals surface area contributed by atoms with Crippen LogP contribution in [0.15, 0.2) is 47.3 Å². The molecule has 0 spiro atoms. The van der Waals surface area contributed by atoms with Crippen molar-refractivity contribution >= 4 is 10.9 Å². The van der Waals surface area contributed by atoms with Gasteiger partial charge in [-0.1, -0.05) is 29.5 Å². The zero-order valence-corrected chi connectivity index (χ0v) is 13.3. The highest BCUT2D eigenvalue weighted by Gasteiger charge is 2.05. The molecule has 0 saturated heterocycles. The van der Waals surface area contributed by atoms with Gasteiger partial charge in [-0.3, -0.25) is 4.79 Å². The first-order chi connectivity index (χ1) is 11.1. The minimum atomic E-state index is -0.109. The molecule has 23 heavy (non-hydrogen) atoms. The number of aryl methyl sites for hydroxylation is 3. The third kappa shape index (κ3) is 3.39. The monoisotopic (exact) mass is 309 g/mol. The van der Waals surface area contributed by atoms with Gasteiger partial charge in [0.25, 0.3) is 5.56 Å². The molecule has 0 unspecified atom stereocenters. The molecule has 3 rings (SSSR count). The summed E-state index contributed by atoms with van der Waals surface area (Å²) in [4.78, 5) is 12.3. The van der Waals surface area contributed by atoms with E-state index >= 15 is 0 Å². The van der Waals surface area contributed by atoms with E-state index in [9.17, 15) is 4.79 Å². The average molecular weight is 309 g/mol. The van der Waals surface area contributed by atoms with E-state index in [4.69, 9.17) is 4.74 Å². The largest absolute Gasteiger partial charge is 0.493 e. The first-order valence-corrected chi connectivity index (χ1v) is 7.68. The van der Waals surface area contributed by atoms with Crippen LogP contribution in [0.3, 0.4) is 0 Å². The number of benzene rings is 2. The van der Waals surface area contributed by atoms with E-state index < -0.39 is 0 Å². The molecule has 2 aromatic carbocycles. The van der Waals surface area contributed by atoms with Crippen molar-refractivity contribution in [2.75, 3.05) is 6.61 Å². The molecule has 0 aliphatic carbocycles. The molecule has 1 heterocycles. The number of hydrogen-bond donors (Lipinski definition) is 0. The fraction of sp³-hybridized carbons (Fsp3) is 0.278. The van der Waals surface area contributed by atoms with Gasteiger partial charge in [0.15, 0.2) is 0 Å². The molecule has 118 valence electrons. The maximum absolute atomic E-state index is 12.3. The van der Waals surface area contributed by atoms with Crippen molar-refractivity contribution in [1.29, 1.82) is 0 Å². The van der Waals surface area contributed by atoms with Crippen molar-refractivity contribution in [1.82, 2.24) is 15.0 Å². The van der Waals surface area contributed by atoms with Gasteiger partial charge in [0.2, 0.25) is 0 Å². The summed E-state index contributed by atoms with van der Waals surface area (Å²) in [7, 11) is 0. The van der Waals surface area contributed by atoms with Crippen molar-refractivity contribution in [3.05, 3.63) is 63.9 Å². The second-order valence-corrected chi connectivity index (χ2v) is 5.61. The number of nitrogens with zero attached hydrogens (tertiary/aromatic N) is 3. The van der Waals surface area contributed by atoms with Crippen LogP contribution in [0.2, 0.25) is 0 Å². The molecule has 0 N–H and O–H groups in total. The Labute approximate surface area is 134 Å². The Balaban J connectivity index is 1.64. The van der Waals surface area contributed by atoms with Crippen LogP contribution >= 0.6 is 0 Å². The first-order valence-electron chi connectivity index (χ1n) is 7.68. The number of ether oxygens (including phenoxy) is 1. The van der Waals surface area contributed by atoms with Gasteiger partial charge in [0, 0.05) is 13.0 Å². The summed E-state index contributed by atoms with van der Waals surface area (Å²) in [6.45, 7) is 5.08. The van der Waals surface area contributed by atoms with E-state index in [0.717, 1.165) is 11.3 Å². The van der Waals surface area contributed by atoms with E-state index in [1.807, 2.05) is 38.1 Å². The maximum Gasteiger partial charge on any atom is 0.277 e. The van der Waals surface area contributed by atoms with Crippen molar-refractivity contribution in [3.8, 4) is 5.75 Å². The number of fused-ring (bicyclic) bond motifs is 1. The summed E-state index contributed by atoms with van der Waals surface area (Å²) in [6.07, 6.45) is 0.695. The van der Waals surface area contributed by atoms with E-state index in [2.05, 4.69) is 16.4 Å². The second kappa shape index (κ2) is 6.60. The van der Waals surface area contributed by atoms with Gasteiger partial charge in [-0.25, -0.2) is 4.68 Å². The van der Waals surface area contributed by atoms with Crippen LogP contribution < -0.4 is 10.3 Å². The van der Waals surface area contributed by atoms with Crippen LogP contribution in [-0.2, 0) is 6.54 Å². The highest BCUT2D eigenvalue weighted by molar-refractivity contribution is 5.76. The van der Waals surface area contributed by atoms with Gasteiger partial charge in [0.1, 0.15) is 11.3 Å². The van der Waals surface area contributed by atoms with E-state index in [-0.39, 0.29) is 5.56 Å². The molecule has 5 heteroatoms. The number of rotatable bonds is 5. The summed E-state index contributed by atoms with van der Waals surface area (Å²) < 4.78 is 7.20. The summed E-state index contributed by atoms with van der Waals surface area (Å²) in [5, 5.41) is 8.65. The molecule has 3 aromatic rings. The zero-order chi connectivity index (χ0) is 16.2. The lowest BCUT2D eigenvalue weighted by molar-refractivity contribution is 0.294. The summed E-state index contributed by atoms with van der Waals surface area (Å²) in [5.41, 5.74) is 2.79. The van der Waals surface area contributed by atoms with Crippen molar-refractivity contribution < 1.29 is 4.74 Å². The summed E-state index contributed by atoms with van der Waals surface area (Å²) >= 11 is 0. The fourth-order valence-electron chi connectivity index (χ4n) is 2.43. The maximum atomic E-state index is 12.3. The first kappa shape index (κ1) is 15.2. The molecular formula is C18H19N3O2. The van der Waals surface area contributed by atoms with Gasteiger partial charge >= 0.3 is 0 Å². The van der Waals surface area contributed by atoms with Gasteiger partial charge in [0.05, 0.1) is 12.0 Å². The minimum absolute atomic E-state index is 0.109. The Bertz CT molecular complexity index is 887. The molecule has 0 aliphatic heterocycles. The lowest BCUT2D eigenvalue weighted by Crippen LogP contribution is -2.25. The highest BCUT2D eigenvalue weighted by Crippen LogP contribution is 2.19. The number of hydrogen-bond acceptors (Lipinski definition) is 4. The Hall–Kier alpha value is -2.69. The van der Waals surface area contributed by atoms with Gasteiger partial charge in [-0.2, -0.15) is 0 Å². The third-order valence-corrected chi connectivity index (χ3v) is 3.74. The Morgan fingerprint density at radius 1 is 1.13 bits per heavy atom. The molecule has 0 atom stereocenters. The molecule has 0 aliphatic rings. The Morgan fingerprint density at radius 2 is 1.96 bits per heavy atom. The highest BCUT2D eigenvalue weighted by atomic mass is 16.5. The van der Waals surface area contributed by atoms with Crippen LogP contribution in [0.1, 0.15) is 17.5 Å². The molecule has 5 nitrogen and oxygen atoms in total. The van der Waals surface area contributed by atoms with Gasteiger partial charge in [-0.15, -0.1) is 5.10 Å². The zero-order valence-electron chi connectivity index (χ0n) is 13.3. The van der Waals surface area contributed by atoms with Crippen molar-refractivity contribution in [2.45, 2.75) is 26.8 Å². The quantitative estimate of drug-likeness (QED) is 0.680. The van der Waals surface area contributed by atoms with Crippen molar-refractivity contribution in [2.24, 2.45) is 0 Å². The van der Waals surface area contributed by atoms with Gasteiger partial charge in [-0.05, 0) is 43.2 Å². The van der Waals surface area contributed by atoms with Crippen LogP contribution in [0, 0.1) is 13.8 Å². The molecule has 1 aromatic heterocycles. The van der Waals surface area contributed by atoms with E-state index in [0.29, 0.717) is 30.5 Å². The smallest absolute Gasteiger partial charge is 0.277 e. The molecule has 0 saturated carbocycles.